The molecule has 96 valence electrons. The van der Waals surface area contributed by atoms with E-state index in [9.17, 15) is 9.59 Å². The number of benzene rings is 1. The summed E-state index contributed by atoms with van der Waals surface area (Å²) in [5.41, 5.74) is 0.759. The Kier molecular flexibility index (Phi) is 5.44. The van der Waals surface area contributed by atoms with Crippen LogP contribution < -0.4 is 4.74 Å². The van der Waals surface area contributed by atoms with Gasteiger partial charge >= 0.3 is 12.1 Å². The molecule has 5 heteroatoms. The number of esters is 1. The van der Waals surface area contributed by atoms with Gasteiger partial charge in [-0.3, -0.25) is 0 Å². The van der Waals surface area contributed by atoms with E-state index in [0.717, 1.165) is 11.6 Å². The lowest BCUT2D eigenvalue weighted by Gasteiger charge is -2.00. The van der Waals surface area contributed by atoms with E-state index < -0.39 is 12.1 Å². The molecule has 1 aromatic carbocycles. The van der Waals surface area contributed by atoms with Crippen LogP contribution >= 0.6 is 0 Å². The highest BCUT2D eigenvalue weighted by Gasteiger charge is 2.07. The average Bonchev–Trinajstić information content (AvgIpc) is 2.37. The second kappa shape index (κ2) is 7.11. The summed E-state index contributed by atoms with van der Waals surface area (Å²) in [7, 11) is 1.55. The Bertz CT molecular complexity index is 450. The van der Waals surface area contributed by atoms with Crippen molar-refractivity contribution >= 4 is 18.2 Å². The van der Waals surface area contributed by atoms with Crippen molar-refractivity contribution in [3.05, 3.63) is 35.9 Å². The van der Waals surface area contributed by atoms with Crippen molar-refractivity contribution < 1.29 is 23.8 Å². The quantitative estimate of drug-likeness (QED) is 0.466. The summed E-state index contributed by atoms with van der Waals surface area (Å²) in [6.07, 6.45) is 1.66. The summed E-state index contributed by atoms with van der Waals surface area (Å²) in [6.45, 7) is 1.78. The van der Waals surface area contributed by atoms with Crippen molar-refractivity contribution in [2.24, 2.45) is 0 Å². The van der Waals surface area contributed by atoms with E-state index in [0.29, 0.717) is 5.75 Å². The van der Waals surface area contributed by atoms with Crippen LogP contribution in [0.1, 0.15) is 12.5 Å². The summed E-state index contributed by atoms with van der Waals surface area (Å²) in [5.74, 6) is -0.104. The standard InChI is InChI=1S/C13H14O5/c1-3-17-13(15)18-12(14)8-7-10-5-4-6-11(9-10)16-2/h4-9H,3H2,1-2H3/b8-7+. The molecule has 0 aliphatic carbocycles. The molecule has 0 saturated heterocycles. The number of carbonyl (C=O) groups excluding carboxylic acids is 2. The maximum absolute atomic E-state index is 11.2. The second-order valence-electron chi connectivity index (χ2n) is 3.21. The molecule has 0 N–H and O–H groups in total. The van der Waals surface area contributed by atoms with Gasteiger partial charge in [0.25, 0.3) is 0 Å². The molecule has 1 aromatic rings. The minimum Gasteiger partial charge on any atom is -0.497 e. The zero-order chi connectivity index (χ0) is 13.4. The Morgan fingerprint density at radius 1 is 1.33 bits per heavy atom. The van der Waals surface area contributed by atoms with E-state index in [4.69, 9.17) is 4.74 Å². The second-order valence-corrected chi connectivity index (χ2v) is 3.21. The van der Waals surface area contributed by atoms with Crippen LogP contribution in [0.3, 0.4) is 0 Å². The van der Waals surface area contributed by atoms with Crippen LogP contribution in [0.2, 0.25) is 0 Å². The molecule has 0 spiro atoms. The molecule has 5 nitrogen and oxygen atoms in total. The highest BCUT2D eigenvalue weighted by atomic mass is 16.7. The number of rotatable bonds is 4. The van der Waals surface area contributed by atoms with Crippen LogP contribution in [-0.2, 0) is 14.3 Å². The zero-order valence-electron chi connectivity index (χ0n) is 10.2. The van der Waals surface area contributed by atoms with Crippen LogP contribution in [-0.4, -0.2) is 25.8 Å². The van der Waals surface area contributed by atoms with Crippen LogP contribution in [0.4, 0.5) is 4.79 Å². The van der Waals surface area contributed by atoms with Crippen LogP contribution in [0.15, 0.2) is 30.3 Å². The van der Waals surface area contributed by atoms with E-state index in [1.54, 1.807) is 38.3 Å². The van der Waals surface area contributed by atoms with Crippen LogP contribution in [0.25, 0.3) is 6.08 Å². The van der Waals surface area contributed by atoms with Gasteiger partial charge in [-0.15, -0.1) is 0 Å². The van der Waals surface area contributed by atoms with Gasteiger partial charge in [0.2, 0.25) is 0 Å². The van der Waals surface area contributed by atoms with E-state index in [-0.39, 0.29) is 6.61 Å². The molecule has 0 aromatic heterocycles. The van der Waals surface area contributed by atoms with Crippen molar-refractivity contribution in [3.8, 4) is 5.75 Å². The third kappa shape index (κ3) is 4.69. The van der Waals surface area contributed by atoms with Gasteiger partial charge < -0.3 is 14.2 Å². The Hall–Kier alpha value is -2.30. The molecule has 18 heavy (non-hydrogen) atoms. The van der Waals surface area contributed by atoms with Gasteiger partial charge in [-0.25, -0.2) is 9.59 Å². The Balaban J connectivity index is 2.57. The first-order valence-electron chi connectivity index (χ1n) is 5.36. The highest BCUT2D eigenvalue weighted by Crippen LogP contribution is 2.13. The van der Waals surface area contributed by atoms with Crippen LogP contribution in [0, 0.1) is 0 Å². The number of methoxy groups -OCH3 is 1. The number of carbonyl (C=O) groups is 2. The summed E-state index contributed by atoms with van der Waals surface area (Å²) < 4.78 is 13.9. The smallest absolute Gasteiger partial charge is 0.497 e. The summed E-state index contributed by atoms with van der Waals surface area (Å²) in [4.78, 5) is 22.1. The third-order valence-corrected chi connectivity index (χ3v) is 1.95. The largest absolute Gasteiger partial charge is 0.516 e. The molecule has 0 aliphatic heterocycles. The predicted octanol–water partition coefficient (Wildman–Crippen LogP) is 2.41. The van der Waals surface area contributed by atoms with E-state index >= 15 is 0 Å². The van der Waals surface area contributed by atoms with Crippen molar-refractivity contribution in [2.45, 2.75) is 6.92 Å². The molecular formula is C13H14O5. The molecule has 0 saturated carbocycles. The Morgan fingerprint density at radius 2 is 2.11 bits per heavy atom. The van der Waals surface area contributed by atoms with Crippen molar-refractivity contribution in [3.63, 3.8) is 0 Å². The monoisotopic (exact) mass is 250 g/mol. The van der Waals surface area contributed by atoms with E-state index in [1.807, 2.05) is 0 Å². The average molecular weight is 250 g/mol. The van der Waals surface area contributed by atoms with Gasteiger partial charge in [-0.1, -0.05) is 12.1 Å². The first-order valence-corrected chi connectivity index (χ1v) is 5.36. The van der Waals surface area contributed by atoms with Gasteiger partial charge in [0.05, 0.1) is 13.7 Å². The molecule has 0 unspecified atom stereocenters. The first-order chi connectivity index (χ1) is 8.65. The van der Waals surface area contributed by atoms with E-state index in [2.05, 4.69) is 9.47 Å². The fourth-order valence-electron chi connectivity index (χ4n) is 1.17. The topological polar surface area (TPSA) is 61.8 Å². The third-order valence-electron chi connectivity index (χ3n) is 1.95. The molecule has 0 atom stereocenters. The SMILES string of the molecule is CCOC(=O)OC(=O)/C=C/c1cccc(OC)c1. The fraction of sp³-hybridized carbons (Fsp3) is 0.231. The van der Waals surface area contributed by atoms with Crippen LogP contribution in [0.5, 0.6) is 5.75 Å². The lowest BCUT2D eigenvalue weighted by molar-refractivity contribution is -0.134. The molecule has 0 aliphatic rings. The van der Waals surface area contributed by atoms with Gasteiger partial charge in [-0.05, 0) is 30.7 Å². The van der Waals surface area contributed by atoms with Gasteiger partial charge in [0, 0.05) is 6.08 Å². The first kappa shape index (κ1) is 13.8. The molecule has 0 fully saturated rings. The Labute approximate surface area is 105 Å². The zero-order valence-corrected chi connectivity index (χ0v) is 10.2. The predicted molar refractivity (Wildman–Crippen MR) is 65.1 cm³/mol. The maximum atomic E-state index is 11.2. The summed E-state index contributed by atoms with van der Waals surface area (Å²) in [5, 5.41) is 0. The number of hydrogen-bond donors (Lipinski definition) is 0. The van der Waals surface area contributed by atoms with Gasteiger partial charge in [0.15, 0.2) is 0 Å². The molecule has 0 amide bonds. The number of hydrogen-bond acceptors (Lipinski definition) is 5. The summed E-state index contributed by atoms with van der Waals surface area (Å²) >= 11 is 0. The molecule has 1 rings (SSSR count). The molecule has 0 radical (unpaired) electrons. The lowest BCUT2D eigenvalue weighted by atomic mass is 10.2. The number of ether oxygens (including phenoxy) is 3. The summed E-state index contributed by atoms with van der Waals surface area (Å²) in [6, 6.07) is 7.11. The van der Waals surface area contributed by atoms with Crippen molar-refractivity contribution in [1.82, 2.24) is 0 Å². The highest BCUT2D eigenvalue weighted by molar-refractivity contribution is 5.93. The normalized spacial score (nSPS) is 10.1. The fourth-order valence-corrected chi connectivity index (χ4v) is 1.17. The van der Waals surface area contributed by atoms with Crippen molar-refractivity contribution in [1.29, 1.82) is 0 Å². The minimum atomic E-state index is -1.00. The lowest BCUT2D eigenvalue weighted by Crippen LogP contribution is -2.11. The molecular weight excluding hydrogens is 236 g/mol. The minimum absolute atomic E-state index is 0.158. The van der Waals surface area contributed by atoms with Gasteiger partial charge in [-0.2, -0.15) is 0 Å². The molecule has 0 heterocycles. The Morgan fingerprint density at radius 3 is 2.78 bits per heavy atom. The molecule has 0 bridgehead atoms. The van der Waals surface area contributed by atoms with E-state index in [1.165, 1.54) is 6.08 Å². The van der Waals surface area contributed by atoms with Crippen molar-refractivity contribution in [2.75, 3.05) is 13.7 Å². The van der Waals surface area contributed by atoms with Gasteiger partial charge in [0.1, 0.15) is 5.75 Å². The maximum Gasteiger partial charge on any atom is 0.516 e.